The van der Waals surface area contributed by atoms with Crippen LogP contribution in [-0.4, -0.2) is 14.2 Å². The van der Waals surface area contributed by atoms with Crippen molar-refractivity contribution in [3.05, 3.63) is 24.2 Å². The molecule has 2 aromatic rings. The molecule has 0 aliphatic heterocycles. The number of nitrogens with zero attached hydrogens (tertiary/aromatic N) is 3. The maximum Gasteiger partial charge on any atom is 0.136 e. The van der Waals surface area contributed by atoms with Gasteiger partial charge >= 0.3 is 0 Å². The van der Waals surface area contributed by atoms with E-state index in [4.69, 9.17) is 0 Å². The van der Waals surface area contributed by atoms with Crippen LogP contribution in [0.5, 0.6) is 0 Å². The van der Waals surface area contributed by atoms with Gasteiger partial charge in [0.15, 0.2) is 0 Å². The average molecular weight is 231 g/mol. The van der Waals surface area contributed by atoms with Gasteiger partial charge in [-0.3, -0.25) is 0 Å². The number of rotatable bonds is 1. The third-order valence-electron chi connectivity index (χ3n) is 3.84. The molecule has 0 bridgehead atoms. The van der Waals surface area contributed by atoms with E-state index in [1.807, 2.05) is 4.52 Å². The molecule has 2 heterocycles. The average Bonchev–Trinajstić information content (AvgIpc) is 2.91. The summed E-state index contributed by atoms with van der Waals surface area (Å²) in [6.45, 7) is 6.65. The third kappa shape index (κ3) is 1.78. The SMILES string of the molecule is CC(C)(C)c1cc2n(C3CCCC3)ccn2n1. The molecule has 17 heavy (non-hydrogen) atoms. The van der Waals surface area contributed by atoms with Crippen LogP contribution in [0.15, 0.2) is 18.5 Å². The van der Waals surface area contributed by atoms with E-state index in [9.17, 15) is 0 Å². The summed E-state index contributed by atoms with van der Waals surface area (Å²) in [5, 5.41) is 4.67. The van der Waals surface area contributed by atoms with E-state index in [1.165, 1.54) is 37.0 Å². The summed E-state index contributed by atoms with van der Waals surface area (Å²) >= 11 is 0. The Morgan fingerprint density at radius 2 is 1.88 bits per heavy atom. The molecular weight excluding hydrogens is 210 g/mol. The molecule has 0 amide bonds. The zero-order valence-corrected chi connectivity index (χ0v) is 11.0. The summed E-state index contributed by atoms with van der Waals surface area (Å²) in [4.78, 5) is 0. The fraction of sp³-hybridized carbons (Fsp3) is 0.643. The molecule has 0 aromatic carbocycles. The van der Waals surface area contributed by atoms with Gasteiger partial charge in [0.2, 0.25) is 0 Å². The highest BCUT2D eigenvalue weighted by molar-refractivity contribution is 5.43. The zero-order chi connectivity index (χ0) is 12.0. The highest BCUT2D eigenvalue weighted by Gasteiger charge is 2.22. The summed E-state index contributed by atoms with van der Waals surface area (Å²) in [5.74, 6) is 0. The Hall–Kier alpha value is -1.25. The predicted molar refractivity (Wildman–Crippen MR) is 69.4 cm³/mol. The number of imidazole rings is 1. The molecule has 1 aliphatic rings. The normalized spacial score (nSPS) is 18.3. The van der Waals surface area contributed by atoms with Crippen LogP contribution in [0, 0.1) is 0 Å². The number of aromatic nitrogens is 3. The summed E-state index contributed by atoms with van der Waals surface area (Å²) in [5.41, 5.74) is 2.56. The van der Waals surface area contributed by atoms with E-state index < -0.39 is 0 Å². The third-order valence-corrected chi connectivity index (χ3v) is 3.84. The second kappa shape index (κ2) is 3.62. The minimum Gasteiger partial charge on any atom is -0.328 e. The van der Waals surface area contributed by atoms with E-state index in [0.717, 1.165) is 0 Å². The van der Waals surface area contributed by atoms with Gasteiger partial charge < -0.3 is 4.57 Å². The lowest BCUT2D eigenvalue weighted by molar-refractivity contribution is 0.533. The van der Waals surface area contributed by atoms with Gasteiger partial charge in [-0.2, -0.15) is 5.10 Å². The first-order chi connectivity index (χ1) is 8.05. The highest BCUT2D eigenvalue weighted by atomic mass is 15.3. The van der Waals surface area contributed by atoms with Crippen LogP contribution in [0.4, 0.5) is 0 Å². The number of fused-ring (bicyclic) bond motifs is 1. The van der Waals surface area contributed by atoms with Gasteiger partial charge in [-0.15, -0.1) is 0 Å². The molecule has 3 heteroatoms. The van der Waals surface area contributed by atoms with Crippen molar-refractivity contribution >= 4 is 5.65 Å². The van der Waals surface area contributed by atoms with Gasteiger partial charge in [0, 0.05) is 29.9 Å². The molecule has 1 aliphatic carbocycles. The zero-order valence-electron chi connectivity index (χ0n) is 11.0. The van der Waals surface area contributed by atoms with Gasteiger partial charge in [0.1, 0.15) is 5.65 Å². The largest absolute Gasteiger partial charge is 0.328 e. The molecule has 1 fully saturated rings. The molecule has 0 atom stereocenters. The Morgan fingerprint density at radius 1 is 1.18 bits per heavy atom. The van der Waals surface area contributed by atoms with Crippen molar-refractivity contribution in [2.24, 2.45) is 0 Å². The highest BCUT2D eigenvalue weighted by Crippen LogP contribution is 2.32. The standard InChI is InChI=1S/C14H21N3/c1-14(2,3)12-10-13-16(8-9-17(13)15-12)11-6-4-5-7-11/h8-11H,4-7H2,1-3H3. The Morgan fingerprint density at radius 3 is 2.53 bits per heavy atom. The van der Waals surface area contributed by atoms with Crippen LogP contribution in [-0.2, 0) is 5.41 Å². The smallest absolute Gasteiger partial charge is 0.136 e. The van der Waals surface area contributed by atoms with Crippen LogP contribution < -0.4 is 0 Å². The first kappa shape index (κ1) is 10.9. The van der Waals surface area contributed by atoms with Crippen molar-refractivity contribution in [1.82, 2.24) is 14.2 Å². The Kier molecular flexibility index (Phi) is 2.32. The van der Waals surface area contributed by atoms with Crippen molar-refractivity contribution < 1.29 is 0 Å². The molecule has 0 N–H and O–H groups in total. The van der Waals surface area contributed by atoms with Gasteiger partial charge in [-0.05, 0) is 12.8 Å². The van der Waals surface area contributed by atoms with E-state index in [1.54, 1.807) is 0 Å². The predicted octanol–water partition coefficient (Wildman–Crippen LogP) is 3.55. The molecule has 2 aromatic heterocycles. The van der Waals surface area contributed by atoms with E-state index in [2.05, 4.69) is 48.9 Å². The molecule has 3 nitrogen and oxygen atoms in total. The molecule has 1 saturated carbocycles. The van der Waals surface area contributed by atoms with Crippen molar-refractivity contribution in [3.8, 4) is 0 Å². The first-order valence-corrected chi connectivity index (χ1v) is 6.62. The van der Waals surface area contributed by atoms with Crippen molar-refractivity contribution in [2.75, 3.05) is 0 Å². The first-order valence-electron chi connectivity index (χ1n) is 6.62. The molecule has 0 radical (unpaired) electrons. The van der Waals surface area contributed by atoms with Crippen LogP contribution in [0.3, 0.4) is 0 Å². The second-order valence-electron chi connectivity index (χ2n) is 6.23. The summed E-state index contributed by atoms with van der Waals surface area (Å²) < 4.78 is 4.44. The van der Waals surface area contributed by atoms with Crippen LogP contribution in [0.2, 0.25) is 0 Å². The summed E-state index contributed by atoms with van der Waals surface area (Å²) in [7, 11) is 0. The lowest BCUT2D eigenvalue weighted by atomic mass is 9.92. The quantitative estimate of drug-likeness (QED) is 0.735. The Labute approximate surface area is 102 Å². The lowest BCUT2D eigenvalue weighted by Crippen LogP contribution is -2.11. The van der Waals surface area contributed by atoms with E-state index >= 15 is 0 Å². The molecule has 0 unspecified atom stereocenters. The van der Waals surface area contributed by atoms with Crippen molar-refractivity contribution in [3.63, 3.8) is 0 Å². The minimum absolute atomic E-state index is 0.131. The minimum atomic E-state index is 0.131. The fourth-order valence-corrected chi connectivity index (χ4v) is 2.76. The second-order valence-corrected chi connectivity index (χ2v) is 6.23. The van der Waals surface area contributed by atoms with Gasteiger partial charge in [0.25, 0.3) is 0 Å². The molecular formula is C14H21N3. The van der Waals surface area contributed by atoms with Gasteiger partial charge in [-0.1, -0.05) is 33.6 Å². The number of hydrogen-bond donors (Lipinski definition) is 0. The van der Waals surface area contributed by atoms with Crippen LogP contribution in [0.25, 0.3) is 5.65 Å². The fourth-order valence-electron chi connectivity index (χ4n) is 2.76. The lowest BCUT2D eigenvalue weighted by Gasteiger charge is -2.14. The Balaban J connectivity index is 2.05. The topological polar surface area (TPSA) is 22.2 Å². The maximum atomic E-state index is 4.67. The maximum absolute atomic E-state index is 4.67. The molecule has 3 rings (SSSR count). The monoisotopic (exact) mass is 231 g/mol. The summed E-state index contributed by atoms with van der Waals surface area (Å²) in [6, 6.07) is 2.94. The summed E-state index contributed by atoms with van der Waals surface area (Å²) in [6.07, 6.45) is 9.65. The number of hydrogen-bond acceptors (Lipinski definition) is 1. The van der Waals surface area contributed by atoms with E-state index in [0.29, 0.717) is 6.04 Å². The van der Waals surface area contributed by atoms with E-state index in [-0.39, 0.29) is 5.41 Å². The van der Waals surface area contributed by atoms with Crippen LogP contribution in [0.1, 0.15) is 58.2 Å². The molecule has 92 valence electrons. The van der Waals surface area contributed by atoms with Crippen molar-refractivity contribution in [2.45, 2.75) is 57.9 Å². The van der Waals surface area contributed by atoms with Gasteiger partial charge in [0.05, 0.1) is 5.69 Å². The van der Waals surface area contributed by atoms with Crippen molar-refractivity contribution in [1.29, 1.82) is 0 Å². The molecule has 0 saturated heterocycles. The van der Waals surface area contributed by atoms with Gasteiger partial charge in [-0.25, -0.2) is 4.52 Å². The van der Waals surface area contributed by atoms with Crippen LogP contribution >= 0.6 is 0 Å². The Bertz CT molecular complexity index is 521. The molecule has 0 spiro atoms.